The predicted octanol–water partition coefficient (Wildman–Crippen LogP) is 4.04. The first kappa shape index (κ1) is 19.5. The molecule has 3 rings (SSSR count). The molecule has 0 unspecified atom stereocenters. The fraction of sp³-hybridized carbons (Fsp3) is 0.316. The highest BCUT2D eigenvalue weighted by molar-refractivity contribution is 8.18. The summed E-state index contributed by atoms with van der Waals surface area (Å²) in [5.74, 6) is -0.894. The zero-order valence-electron chi connectivity index (χ0n) is 15.4. The molecule has 0 saturated heterocycles. The number of carbonyl (C=O) groups excluding carboxylic acids is 2. The molecule has 0 spiro atoms. The number of methoxy groups -OCH3 is 1. The van der Waals surface area contributed by atoms with E-state index >= 15 is 0 Å². The summed E-state index contributed by atoms with van der Waals surface area (Å²) in [5, 5.41) is 1.12. The number of amidine groups is 1. The van der Waals surface area contributed by atoms with E-state index in [0.717, 1.165) is 5.56 Å². The van der Waals surface area contributed by atoms with Gasteiger partial charge in [-0.25, -0.2) is 14.6 Å². The van der Waals surface area contributed by atoms with Crippen molar-refractivity contribution in [3.8, 4) is 0 Å². The third-order valence-electron chi connectivity index (χ3n) is 4.34. The average Bonchev–Trinajstić information content (AvgIpc) is 2.97. The SMILES string of the molecule is CCOC(=O)C1=C(C)N2C(=NC(C)=C(C(=O)OC)[C@H]2c2ccccc2Cl)S1. The summed E-state index contributed by atoms with van der Waals surface area (Å²) in [6.45, 7) is 5.59. The fourth-order valence-corrected chi connectivity index (χ4v) is 4.46. The number of hydrogen-bond donors (Lipinski definition) is 0. The molecule has 0 radical (unpaired) electrons. The highest BCUT2D eigenvalue weighted by Crippen LogP contribution is 2.48. The maximum Gasteiger partial charge on any atom is 0.346 e. The van der Waals surface area contributed by atoms with Crippen LogP contribution in [0.2, 0.25) is 5.02 Å². The van der Waals surface area contributed by atoms with Crippen molar-refractivity contribution in [3.63, 3.8) is 0 Å². The highest BCUT2D eigenvalue weighted by Gasteiger charge is 2.44. The minimum absolute atomic E-state index is 0.279. The summed E-state index contributed by atoms with van der Waals surface area (Å²) in [7, 11) is 1.33. The largest absolute Gasteiger partial charge is 0.466 e. The van der Waals surface area contributed by atoms with Gasteiger partial charge >= 0.3 is 11.9 Å². The number of fused-ring (bicyclic) bond motifs is 1. The zero-order chi connectivity index (χ0) is 19.7. The number of aliphatic imine (C=N–C) groups is 1. The molecule has 2 heterocycles. The lowest BCUT2D eigenvalue weighted by atomic mass is 9.94. The predicted molar refractivity (Wildman–Crippen MR) is 105 cm³/mol. The molecule has 0 aliphatic carbocycles. The third-order valence-corrected chi connectivity index (χ3v) is 5.82. The minimum Gasteiger partial charge on any atom is -0.466 e. The Hall–Kier alpha value is -2.25. The Morgan fingerprint density at radius 2 is 1.96 bits per heavy atom. The Bertz CT molecular complexity index is 907. The number of benzene rings is 1. The van der Waals surface area contributed by atoms with Crippen molar-refractivity contribution in [2.24, 2.45) is 4.99 Å². The molecule has 0 saturated carbocycles. The number of esters is 2. The summed E-state index contributed by atoms with van der Waals surface area (Å²) < 4.78 is 10.2. The van der Waals surface area contributed by atoms with Gasteiger partial charge in [0.25, 0.3) is 0 Å². The van der Waals surface area contributed by atoms with Crippen molar-refractivity contribution < 1.29 is 19.1 Å². The third kappa shape index (κ3) is 3.37. The Labute approximate surface area is 166 Å². The Kier molecular flexibility index (Phi) is 5.62. The van der Waals surface area contributed by atoms with Crippen molar-refractivity contribution in [2.75, 3.05) is 13.7 Å². The number of allylic oxidation sites excluding steroid dienone is 2. The molecule has 6 nitrogen and oxygen atoms in total. The molecule has 1 aromatic rings. The average molecular weight is 407 g/mol. The minimum atomic E-state index is -0.543. The number of carbonyl (C=O) groups is 2. The standard InChI is InChI=1S/C19H19ClN2O4S/c1-5-26-18(24)16-11(3)22-15(12-8-6-7-9-13(12)20)14(17(23)25-4)10(2)21-19(22)27-16/h6-9,15H,5H2,1-4H3/t15-/m1/s1. The number of ether oxygens (including phenoxy) is 2. The van der Waals surface area contributed by atoms with E-state index in [0.29, 0.717) is 32.1 Å². The van der Waals surface area contributed by atoms with Gasteiger partial charge in [-0.2, -0.15) is 0 Å². The molecule has 0 bridgehead atoms. The van der Waals surface area contributed by atoms with E-state index in [1.165, 1.54) is 18.9 Å². The van der Waals surface area contributed by atoms with Gasteiger partial charge in [-0.1, -0.05) is 29.8 Å². The van der Waals surface area contributed by atoms with Gasteiger partial charge in [-0.05, 0) is 44.2 Å². The van der Waals surface area contributed by atoms with Crippen LogP contribution in [-0.2, 0) is 19.1 Å². The Morgan fingerprint density at radius 1 is 1.26 bits per heavy atom. The second-order valence-electron chi connectivity index (χ2n) is 5.92. The van der Waals surface area contributed by atoms with Crippen molar-refractivity contribution in [1.29, 1.82) is 0 Å². The second kappa shape index (κ2) is 7.78. The maximum atomic E-state index is 12.6. The number of rotatable bonds is 4. The van der Waals surface area contributed by atoms with E-state index in [1.54, 1.807) is 26.8 Å². The Balaban J connectivity index is 2.19. The highest BCUT2D eigenvalue weighted by atomic mass is 35.5. The molecule has 0 aromatic heterocycles. The van der Waals surface area contributed by atoms with Crippen LogP contribution in [-0.4, -0.2) is 35.7 Å². The quantitative estimate of drug-likeness (QED) is 0.703. The van der Waals surface area contributed by atoms with Gasteiger partial charge in [0.05, 0.1) is 31.0 Å². The van der Waals surface area contributed by atoms with Crippen LogP contribution in [0.15, 0.2) is 51.1 Å². The van der Waals surface area contributed by atoms with Gasteiger partial charge in [0.15, 0.2) is 5.17 Å². The lowest BCUT2D eigenvalue weighted by Crippen LogP contribution is -2.36. The lowest BCUT2D eigenvalue weighted by molar-refractivity contribution is -0.138. The molecular formula is C19H19ClN2O4S. The van der Waals surface area contributed by atoms with Crippen LogP contribution in [0, 0.1) is 0 Å². The van der Waals surface area contributed by atoms with Crippen LogP contribution in [0.3, 0.4) is 0 Å². The van der Waals surface area contributed by atoms with E-state index in [4.69, 9.17) is 21.1 Å². The molecule has 2 aliphatic heterocycles. The van der Waals surface area contributed by atoms with Crippen LogP contribution < -0.4 is 0 Å². The summed E-state index contributed by atoms with van der Waals surface area (Å²) in [4.78, 5) is 31.7. The molecule has 0 fully saturated rings. The molecule has 27 heavy (non-hydrogen) atoms. The fourth-order valence-electron chi connectivity index (χ4n) is 3.13. The molecule has 0 N–H and O–H groups in total. The van der Waals surface area contributed by atoms with Gasteiger partial charge in [0, 0.05) is 10.7 Å². The molecular weight excluding hydrogens is 388 g/mol. The molecule has 1 aromatic carbocycles. The normalized spacial score (nSPS) is 19.1. The summed E-state index contributed by atoms with van der Waals surface area (Å²) in [6, 6.07) is 6.75. The summed E-state index contributed by atoms with van der Waals surface area (Å²) in [5.41, 5.74) is 2.32. The van der Waals surface area contributed by atoms with E-state index in [-0.39, 0.29) is 6.61 Å². The van der Waals surface area contributed by atoms with Crippen LogP contribution in [0.25, 0.3) is 0 Å². The van der Waals surface area contributed by atoms with Gasteiger partial charge in [-0.15, -0.1) is 0 Å². The first-order chi connectivity index (χ1) is 12.9. The second-order valence-corrected chi connectivity index (χ2v) is 7.30. The molecule has 0 amide bonds. The number of nitrogens with zero attached hydrogens (tertiary/aromatic N) is 2. The summed E-state index contributed by atoms with van der Waals surface area (Å²) in [6.07, 6.45) is 0. The molecule has 1 atom stereocenters. The Morgan fingerprint density at radius 3 is 2.59 bits per heavy atom. The van der Waals surface area contributed by atoms with E-state index in [9.17, 15) is 9.59 Å². The van der Waals surface area contributed by atoms with Gasteiger partial charge in [0.2, 0.25) is 0 Å². The van der Waals surface area contributed by atoms with Crippen molar-refractivity contribution in [3.05, 3.63) is 56.7 Å². The molecule has 142 valence electrons. The van der Waals surface area contributed by atoms with E-state index in [1.807, 2.05) is 23.1 Å². The first-order valence-corrected chi connectivity index (χ1v) is 9.57. The van der Waals surface area contributed by atoms with Gasteiger partial charge in [-0.3, -0.25) is 0 Å². The smallest absolute Gasteiger partial charge is 0.346 e. The van der Waals surface area contributed by atoms with Crippen molar-refractivity contribution in [1.82, 2.24) is 4.90 Å². The molecule has 8 heteroatoms. The van der Waals surface area contributed by atoms with Crippen LogP contribution >= 0.6 is 23.4 Å². The zero-order valence-corrected chi connectivity index (χ0v) is 17.0. The topological polar surface area (TPSA) is 68.2 Å². The van der Waals surface area contributed by atoms with Gasteiger partial charge in [0.1, 0.15) is 4.91 Å². The maximum absolute atomic E-state index is 12.6. The monoisotopic (exact) mass is 406 g/mol. The summed E-state index contributed by atoms with van der Waals surface area (Å²) >= 11 is 7.68. The van der Waals surface area contributed by atoms with E-state index < -0.39 is 18.0 Å². The van der Waals surface area contributed by atoms with Crippen LogP contribution in [0.4, 0.5) is 0 Å². The number of hydrogen-bond acceptors (Lipinski definition) is 7. The first-order valence-electron chi connectivity index (χ1n) is 8.38. The van der Waals surface area contributed by atoms with Crippen LogP contribution in [0.1, 0.15) is 32.4 Å². The number of thioether (sulfide) groups is 1. The van der Waals surface area contributed by atoms with E-state index in [2.05, 4.69) is 4.99 Å². The molecule has 2 aliphatic rings. The lowest BCUT2D eigenvalue weighted by Gasteiger charge is -2.35. The number of halogens is 1. The van der Waals surface area contributed by atoms with Crippen molar-refractivity contribution in [2.45, 2.75) is 26.8 Å². The van der Waals surface area contributed by atoms with Crippen molar-refractivity contribution >= 4 is 40.5 Å². The van der Waals surface area contributed by atoms with Crippen LogP contribution in [0.5, 0.6) is 0 Å². The van der Waals surface area contributed by atoms with Gasteiger partial charge < -0.3 is 14.4 Å².